The second-order valence-corrected chi connectivity index (χ2v) is 6.01. The molecule has 3 rings (SSSR count). The van der Waals surface area contributed by atoms with Crippen molar-refractivity contribution in [3.05, 3.63) is 57.6 Å². The molecule has 1 aliphatic heterocycles. The van der Waals surface area contributed by atoms with Crippen LogP contribution in [0.15, 0.2) is 34.8 Å². The van der Waals surface area contributed by atoms with Gasteiger partial charge in [-0.3, -0.25) is 0 Å². The van der Waals surface area contributed by atoms with E-state index in [4.69, 9.17) is 4.74 Å². The summed E-state index contributed by atoms with van der Waals surface area (Å²) in [5.41, 5.74) is 1.42. The van der Waals surface area contributed by atoms with Crippen molar-refractivity contribution < 1.29 is 13.5 Å². The van der Waals surface area contributed by atoms with Gasteiger partial charge in [0.25, 0.3) is 0 Å². The Bertz CT molecular complexity index is 690. The van der Waals surface area contributed by atoms with Crippen molar-refractivity contribution in [2.75, 3.05) is 11.9 Å². The molecule has 0 spiro atoms. The number of hydrogen-bond acceptors (Lipinski definition) is 2. The first-order valence-corrected chi connectivity index (χ1v) is 7.48. The van der Waals surface area contributed by atoms with E-state index in [9.17, 15) is 8.78 Å². The summed E-state index contributed by atoms with van der Waals surface area (Å²) >= 11 is 3.42. The van der Waals surface area contributed by atoms with Crippen LogP contribution in [0, 0.1) is 18.6 Å². The minimum absolute atomic E-state index is 0.108. The van der Waals surface area contributed by atoms with Crippen LogP contribution in [-0.4, -0.2) is 6.61 Å². The highest BCUT2D eigenvalue weighted by molar-refractivity contribution is 9.10. The molecule has 0 amide bonds. The standard InChI is InChI=1S/C16H14BrF2NO/c1-9-6-13(19)15(8-12(9)18)20-14-4-5-21-16-3-2-10(17)7-11(14)16/h2-3,6-8,14,20H,4-5H2,1H3. The SMILES string of the molecule is Cc1cc(F)c(NC2CCOc3ccc(Br)cc32)cc1F. The minimum atomic E-state index is -0.447. The fraction of sp³-hybridized carbons (Fsp3) is 0.250. The lowest BCUT2D eigenvalue weighted by atomic mass is 10.00. The van der Waals surface area contributed by atoms with Gasteiger partial charge >= 0.3 is 0 Å². The van der Waals surface area contributed by atoms with Crippen LogP contribution in [0.3, 0.4) is 0 Å². The van der Waals surface area contributed by atoms with Crippen LogP contribution in [0.2, 0.25) is 0 Å². The van der Waals surface area contributed by atoms with E-state index in [0.29, 0.717) is 18.6 Å². The number of nitrogens with one attached hydrogen (secondary N) is 1. The third-order valence-corrected chi connectivity index (χ3v) is 4.08. The summed E-state index contributed by atoms with van der Waals surface area (Å²) in [5.74, 6) is -0.0905. The Hall–Kier alpha value is -1.62. The summed E-state index contributed by atoms with van der Waals surface area (Å²) in [6, 6.07) is 8.01. The molecule has 5 heteroatoms. The Morgan fingerprint density at radius 3 is 2.81 bits per heavy atom. The average Bonchev–Trinajstić information content (AvgIpc) is 2.45. The molecule has 0 saturated heterocycles. The van der Waals surface area contributed by atoms with Crippen molar-refractivity contribution >= 4 is 21.6 Å². The van der Waals surface area contributed by atoms with Crippen LogP contribution >= 0.6 is 15.9 Å². The highest BCUT2D eigenvalue weighted by Crippen LogP contribution is 2.36. The zero-order valence-corrected chi connectivity index (χ0v) is 13.0. The highest BCUT2D eigenvalue weighted by Gasteiger charge is 2.23. The molecule has 1 heterocycles. The van der Waals surface area contributed by atoms with Gasteiger partial charge in [-0.15, -0.1) is 0 Å². The summed E-state index contributed by atoms with van der Waals surface area (Å²) in [6.45, 7) is 2.09. The highest BCUT2D eigenvalue weighted by atomic mass is 79.9. The molecule has 0 radical (unpaired) electrons. The fourth-order valence-electron chi connectivity index (χ4n) is 2.46. The summed E-state index contributed by atoms with van der Waals surface area (Å²) < 4.78 is 34.1. The van der Waals surface area contributed by atoms with Crippen LogP contribution < -0.4 is 10.1 Å². The molecular weight excluding hydrogens is 340 g/mol. The van der Waals surface area contributed by atoms with Crippen LogP contribution in [0.25, 0.3) is 0 Å². The number of ether oxygens (including phenoxy) is 1. The molecule has 1 unspecified atom stereocenters. The second-order valence-electron chi connectivity index (χ2n) is 5.10. The number of halogens is 3. The van der Waals surface area contributed by atoms with Crippen LogP contribution in [0.5, 0.6) is 5.75 Å². The molecule has 0 saturated carbocycles. The summed E-state index contributed by atoms with van der Waals surface area (Å²) in [5, 5.41) is 3.08. The lowest BCUT2D eigenvalue weighted by Crippen LogP contribution is -2.21. The Balaban J connectivity index is 1.93. The van der Waals surface area contributed by atoms with Crippen LogP contribution in [-0.2, 0) is 0 Å². The maximum atomic E-state index is 14.0. The van der Waals surface area contributed by atoms with Crippen molar-refractivity contribution in [2.45, 2.75) is 19.4 Å². The molecule has 1 N–H and O–H groups in total. The number of aryl methyl sites for hydroxylation is 1. The molecule has 1 aliphatic rings. The van der Waals surface area contributed by atoms with Gasteiger partial charge in [0, 0.05) is 22.5 Å². The second kappa shape index (κ2) is 5.64. The summed E-state index contributed by atoms with van der Waals surface area (Å²) in [7, 11) is 0. The zero-order chi connectivity index (χ0) is 15.0. The molecule has 0 fully saturated rings. The summed E-state index contributed by atoms with van der Waals surface area (Å²) in [6.07, 6.45) is 0.693. The Morgan fingerprint density at radius 1 is 1.19 bits per heavy atom. The van der Waals surface area contributed by atoms with Gasteiger partial charge in [-0.05, 0) is 36.8 Å². The van der Waals surface area contributed by atoms with E-state index in [-0.39, 0.29) is 11.7 Å². The average molecular weight is 354 g/mol. The first kappa shape index (κ1) is 14.3. The number of fused-ring (bicyclic) bond motifs is 1. The van der Waals surface area contributed by atoms with Gasteiger partial charge in [0.15, 0.2) is 0 Å². The minimum Gasteiger partial charge on any atom is -0.493 e. The van der Waals surface area contributed by atoms with Gasteiger partial charge in [0.05, 0.1) is 18.3 Å². The maximum Gasteiger partial charge on any atom is 0.146 e. The topological polar surface area (TPSA) is 21.3 Å². The number of anilines is 1. The van der Waals surface area contributed by atoms with Gasteiger partial charge < -0.3 is 10.1 Å². The smallest absolute Gasteiger partial charge is 0.146 e. The van der Waals surface area contributed by atoms with E-state index >= 15 is 0 Å². The van der Waals surface area contributed by atoms with Gasteiger partial charge in [-0.1, -0.05) is 15.9 Å². The zero-order valence-electron chi connectivity index (χ0n) is 11.4. The number of hydrogen-bond donors (Lipinski definition) is 1. The number of benzene rings is 2. The van der Waals surface area contributed by atoms with Crippen molar-refractivity contribution in [2.24, 2.45) is 0 Å². The molecule has 2 aromatic carbocycles. The number of rotatable bonds is 2. The molecule has 0 aromatic heterocycles. The molecule has 2 aromatic rings. The van der Waals surface area contributed by atoms with Gasteiger partial charge in [-0.25, -0.2) is 8.78 Å². The predicted octanol–water partition coefficient (Wildman–Crippen LogP) is 4.97. The van der Waals surface area contributed by atoms with E-state index in [0.717, 1.165) is 15.8 Å². The molecule has 0 aliphatic carbocycles. The monoisotopic (exact) mass is 353 g/mol. The van der Waals surface area contributed by atoms with Gasteiger partial charge in [-0.2, -0.15) is 0 Å². The third kappa shape index (κ3) is 2.88. The van der Waals surface area contributed by atoms with Gasteiger partial charge in [0.1, 0.15) is 17.4 Å². The van der Waals surface area contributed by atoms with Crippen molar-refractivity contribution in [1.29, 1.82) is 0 Å². The molecule has 2 nitrogen and oxygen atoms in total. The Labute approximate surface area is 130 Å². The van der Waals surface area contributed by atoms with Crippen molar-refractivity contribution in [1.82, 2.24) is 0 Å². The molecular formula is C16H14BrF2NO. The largest absolute Gasteiger partial charge is 0.493 e. The molecule has 1 atom stereocenters. The Morgan fingerprint density at radius 2 is 2.00 bits per heavy atom. The van der Waals surface area contributed by atoms with E-state index in [1.807, 2.05) is 18.2 Å². The van der Waals surface area contributed by atoms with Crippen LogP contribution in [0.4, 0.5) is 14.5 Å². The third-order valence-electron chi connectivity index (χ3n) is 3.59. The molecule has 0 bridgehead atoms. The van der Waals surface area contributed by atoms with E-state index in [1.54, 1.807) is 6.92 Å². The normalized spacial score (nSPS) is 17.0. The fourth-order valence-corrected chi connectivity index (χ4v) is 2.84. The van der Waals surface area contributed by atoms with Gasteiger partial charge in [0.2, 0.25) is 0 Å². The lowest BCUT2D eigenvalue weighted by Gasteiger charge is -2.28. The van der Waals surface area contributed by atoms with E-state index in [1.165, 1.54) is 12.1 Å². The van der Waals surface area contributed by atoms with Crippen molar-refractivity contribution in [3.8, 4) is 5.75 Å². The molecule has 110 valence electrons. The quantitative estimate of drug-likeness (QED) is 0.822. The first-order chi connectivity index (χ1) is 10.0. The van der Waals surface area contributed by atoms with Crippen molar-refractivity contribution in [3.63, 3.8) is 0 Å². The summed E-state index contributed by atoms with van der Waals surface area (Å²) in [4.78, 5) is 0. The first-order valence-electron chi connectivity index (χ1n) is 6.69. The van der Waals surface area contributed by atoms with Crippen LogP contribution in [0.1, 0.15) is 23.6 Å². The molecule has 21 heavy (non-hydrogen) atoms. The Kier molecular flexibility index (Phi) is 3.85. The predicted molar refractivity (Wildman–Crippen MR) is 81.7 cm³/mol. The van der Waals surface area contributed by atoms with E-state index < -0.39 is 11.6 Å². The lowest BCUT2D eigenvalue weighted by molar-refractivity contribution is 0.274. The maximum absolute atomic E-state index is 14.0. The van der Waals surface area contributed by atoms with E-state index in [2.05, 4.69) is 21.2 Å².